The maximum absolute atomic E-state index is 12.7. The van der Waals surface area contributed by atoms with E-state index < -0.39 is 0 Å². The Morgan fingerprint density at radius 3 is 3.00 bits per heavy atom. The number of carbonyl (C=O) groups excluding carboxylic acids is 1. The van der Waals surface area contributed by atoms with Crippen LogP contribution in [0, 0.1) is 0 Å². The fourth-order valence-electron chi connectivity index (χ4n) is 3.40. The Morgan fingerprint density at radius 1 is 1.38 bits per heavy atom. The maximum Gasteiger partial charge on any atom is 0.261 e. The molecule has 0 bridgehead atoms. The highest BCUT2D eigenvalue weighted by molar-refractivity contribution is 9.10. The summed E-state index contributed by atoms with van der Waals surface area (Å²) >= 11 is 3.36. The molecule has 1 atom stereocenters. The molecule has 4 rings (SSSR count). The first kappa shape index (κ1) is 19.4. The first-order chi connectivity index (χ1) is 13.9. The highest BCUT2D eigenvalue weighted by Crippen LogP contribution is 2.38. The van der Waals surface area contributed by atoms with Gasteiger partial charge in [0, 0.05) is 22.5 Å². The van der Waals surface area contributed by atoms with E-state index in [0.717, 1.165) is 22.2 Å². The van der Waals surface area contributed by atoms with Gasteiger partial charge in [-0.15, -0.1) is 0 Å². The third-order valence-electron chi connectivity index (χ3n) is 4.67. The first-order valence-electron chi connectivity index (χ1n) is 9.35. The van der Waals surface area contributed by atoms with Crippen LogP contribution in [0.1, 0.15) is 19.4 Å². The minimum absolute atomic E-state index is 0.0898. The number of halogens is 1. The van der Waals surface area contributed by atoms with Gasteiger partial charge in [0.1, 0.15) is 24.1 Å². The Balaban J connectivity index is 1.59. The molecule has 0 saturated heterocycles. The Labute approximate surface area is 175 Å². The van der Waals surface area contributed by atoms with Crippen molar-refractivity contribution in [2.24, 2.45) is 0 Å². The Morgan fingerprint density at radius 2 is 2.21 bits per heavy atom. The fourth-order valence-corrected chi connectivity index (χ4v) is 3.76. The van der Waals surface area contributed by atoms with Crippen LogP contribution in [0.5, 0.6) is 11.5 Å². The second kappa shape index (κ2) is 7.87. The molecule has 2 aromatic carbocycles. The van der Waals surface area contributed by atoms with Crippen LogP contribution in [0.15, 0.2) is 45.9 Å². The van der Waals surface area contributed by atoms with Gasteiger partial charge < -0.3 is 14.8 Å². The lowest BCUT2D eigenvalue weighted by Gasteiger charge is -2.14. The molecule has 1 aromatic heterocycles. The van der Waals surface area contributed by atoms with Gasteiger partial charge in [0.2, 0.25) is 5.91 Å². The number of fused-ring (bicyclic) bond motifs is 2. The number of hydrogen-bond donors (Lipinski definition) is 1. The van der Waals surface area contributed by atoms with E-state index in [1.165, 1.54) is 10.9 Å². The average molecular weight is 458 g/mol. The minimum Gasteiger partial charge on any atom is -0.492 e. The van der Waals surface area contributed by atoms with Crippen molar-refractivity contribution >= 4 is 38.4 Å². The number of carbonyl (C=O) groups is 1. The number of nitrogens with one attached hydrogen (secondary N) is 1. The van der Waals surface area contributed by atoms with E-state index in [1.54, 1.807) is 18.2 Å². The maximum atomic E-state index is 12.7. The molecule has 7 nitrogen and oxygen atoms in total. The molecule has 150 valence electrons. The van der Waals surface area contributed by atoms with Crippen molar-refractivity contribution in [1.82, 2.24) is 9.55 Å². The summed E-state index contributed by atoms with van der Waals surface area (Å²) in [5.74, 6) is 0.978. The summed E-state index contributed by atoms with van der Waals surface area (Å²) in [6.07, 6.45) is 2.28. The number of nitrogens with zero attached hydrogens (tertiary/aromatic N) is 2. The zero-order valence-corrected chi connectivity index (χ0v) is 17.7. The molecule has 0 spiro atoms. The van der Waals surface area contributed by atoms with Gasteiger partial charge in [-0.3, -0.25) is 14.2 Å². The van der Waals surface area contributed by atoms with Gasteiger partial charge in [0.25, 0.3) is 5.56 Å². The van der Waals surface area contributed by atoms with Crippen molar-refractivity contribution in [3.8, 4) is 11.5 Å². The van der Waals surface area contributed by atoms with Gasteiger partial charge in [-0.25, -0.2) is 4.98 Å². The number of rotatable bonds is 5. The SMILES string of the molecule is CCOc1cc2c(cc1NC(=O)Cn1cnc3ccc(Br)cc3c1=O)OC(C)C2. The average Bonchev–Trinajstić information content (AvgIpc) is 3.04. The molecule has 1 unspecified atom stereocenters. The predicted octanol–water partition coefficient (Wildman–Crippen LogP) is 3.52. The number of benzene rings is 2. The predicted molar refractivity (Wildman–Crippen MR) is 114 cm³/mol. The van der Waals surface area contributed by atoms with Crippen LogP contribution in [0.4, 0.5) is 5.69 Å². The molecule has 1 aliphatic rings. The lowest BCUT2D eigenvalue weighted by Crippen LogP contribution is -2.28. The Kier molecular flexibility index (Phi) is 5.27. The minimum atomic E-state index is -0.352. The van der Waals surface area contributed by atoms with Crippen LogP contribution in [0.3, 0.4) is 0 Å². The van der Waals surface area contributed by atoms with Gasteiger partial charge >= 0.3 is 0 Å². The number of anilines is 1. The van der Waals surface area contributed by atoms with Gasteiger partial charge in [0.15, 0.2) is 0 Å². The van der Waals surface area contributed by atoms with Crippen molar-refractivity contribution in [1.29, 1.82) is 0 Å². The van der Waals surface area contributed by atoms with Gasteiger partial charge in [-0.05, 0) is 38.1 Å². The molecule has 0 saturated carbocycles. The monoisotopic (exact) mass is 457 g/mol. The highest BCUT2D eigenvalue weighted by atomic mass is 79.9. The van der Waals surface area contributed by atoms with Crippen LogP contribution >= 0.6 is 15.9 Å². The number of aromatic nitrogens is 2. The summed E-state index contributed by atoms with van der Waals surface area (Å²) in [5.41, 5.74) is 1.88. The summed E-state index contributed by atoms with van der Waals surface area (Å²) in [6.45, 7) is 4.20. The van der Waals surface area contributed by atoms with E-state index in [9.17, 15) is 9.59 Å². The summed E-state index contributed by atoms with van der Waals surface area (Å²) in [7, 11) is 0. The van der Waals surface area contributed by atoms with E-state index in [0.29, 0.717) is 28.9 Å². The van der Waals surface area contributed by atoms with Crippen molar-refractivity contribution in [2.45, 2.75) is 32.9 Å². The molecule has 0 aliphatic carbocycles. The van der Waals surface area contributed by atoms with E-state index in [1.807, 2.05) is 26.0 Å². The largest absolute Gasteiger partial charge is 0.492 e. The molecule has 2 heterocycles. The van der Waals surface area contributed by atoms with Crippen molar-refractivity contribution in [3.63, 3.8) is 0 Å². The smallest absolute Gasteiger partial charge is 0.261 e. The van der Waals surface area contributed by atoms with Crippen LogP contribution < -0.4 is 20.3 Å². The standard InChI is InChI=1S/C21H20BrN3O4/c1-3-28-19-7-13-6-12(2)29-18(13)9-17(19)24-20(26)10-25-11-23-16-5-4-14(22)8-15(16)21(25)27/h4-5,7-9,11-12H,3,6,10H2,1-2H3,(H,24,26). The summed E-state index contributed by atoms with van der Waals surface area (Å²) < 4.78 is 13.5. The Hall–Kier alpha value is -2.87. The zero-order chi connectivity index (χ0) is 20.5. The van der Waals surface area contributed by atoms with E-state index in [-0.39, 0.29) is 24.1 Å². The molecule has 0 fully saturated rings. The second-order valence-corrected chi connectivity index (χ2v) is 7.82. The topological polar surface area (TPSA) is 82.5 Å². The number of ether oxygens (including phenoxy) is 2. The van der Waals surface area contributed by atoms with Crippen LogP contribution in [0.25, 0.3) is 10.9 Å². The third kappa shape index (κ3) is 3.98. The van der Waals surface area contributed by atoms with Crippen molar-refractivity contribution < 1.29 is 14.3 Å². The lowest BCUT2D eigenvalue weighted by atomic mass is 10.1. The molecule has 8 heteroatoms. The lowest BCUT2D eigenvalue weighted by molar-refractivity contribution is -0.116. The van der Waals surface area contributed by atoms with Crippen LogP contribution in [0.2, 0.25) is 0 Å². The number of hydrogen-bond acceptors (Lipinski definition) is 5. The zero-order valence-electron chi connectivity index (χ0n) is 16.1. The molecule has 29 heavy (non-hydrogen) atoms. The normalized spacial score (nSPS) is 15.1. The summed E-state index contributed by atoms with van der Waals surface area (Å²) in [5, 5.41) is 3.28. The van der Waals surface area contributed by atoms with Gasteiger partial charge in [0.05, 0.1) is 29.5 Å². The van der Waals surface area contributed by atoms with Crippen LogP contribution in [-0.2, 0) is 17.8 Å². The van der Waals surface area contributed by atoms with E-state index >= 15 is 0 Å². The fraction of sp³-hybridized carbons (Fsp3) is 0.286. The van der Waals surface area contributed by atoms with Crippen molar-refractivity contribution in [3.05, 3.63) is 57.0 Å². The second-order valence-electron chi connectivity index (χ2n) is 6.91. The molecule has 1 N–H and O–H groups in total. The molecular weight excluding hydrogens is 438 g/mol. The van der Waals surface area contributed by atoms with Gasteiger partial charge in [-0.2, -0.15) is 0 Å². The van der Waals surface area contributed by atoms with E-state index in [4.69, 9.17) is 9.47 Å². The van der Waals surface area contributed by atoms with E-state index in [2.05, 4.69) is 26.2 Å². The van der Waals surface area contributed by atoms with Crippen molar-refractivity contribution in [2.75, 3.05) is 11.9 Å². The van der Waals surface area contributed by atoms with Crippen LogP contribution in [-0.4, -0.2) is 28.2 Å². The molecule has 0 radical (unpaired) electrons. The molecule has 3 aromatic rings. The first-order valence-corrected chi connectivity index (χ1v) is 10.1. The Bertz CT molecular complexity index is 1160. The quantitative estimate of drug-likeness (QED) is 0.633. The summed E-state index contributed by atoms with van der Waals surface area (Å²) in [4.78, 5) is 29.6. The van der Waals surface area contributed by atoms with Gasteiger partial charge in [-0.1, -0.05) is 15.9 Å². The summed E-state index contributed by atoms with van der Waals surface area (Å²) in [6, 6.07) is 8.95. The third-order valence-corrected chi connectivity index (χ3v) is 5.17. The highest BCUT2D eigenvalue weighted by Gasteiger charge is 2.22. The molecule has 1 aliphatic heterocycles. The molecular formula is C21H20BrN3O4. The molecule has 1 amide bonds. The number of amides is 1.